The third kappa shape index (κ3) is 2.17. The van der Waals surface area contributed by atoms with Gasteiger partial charge in [0.25, 0.3) is 5.91 Å². The molecule has 1 aliphatic rings. The summed E-state index contributed by atoms with van der Waals surface area (Å²) in [4.78, 5) is 17.6. The maximum atomic E-state index is 12.4. The Labute approximate surface area is 136 Å². The van der Waals surface area contributed by atoms with E-state index in [1.54, 1.807) is 11.0 Å². The zero-order valence-corrected chi connectivity index (χ0v) is 13.0. The van der Waals surface area contributed by atoms with Crippen molar-refractivity contribution in [3.63, 3.8) is 0 Å². The van der Waals surface area contributed by atoms with E-state index in [0.29, 0.717) is 23.9 Å². The topological polar surface area (TPSA) is 64.8 Å². The van der Waals surface area contributed by atoms with Crippen molar-refractivity contribution in [2.45, 2.75) is 13.0 Å². The van der Waals surface area contributed by atoms with E-state index >= 15 is 0 Å². The predicted molar refractivity (Wildman–Crippen MR) is 85.4 cm³/mol. The van der Waals surface area contributed by atoms with Gasteiger partial charge in [0.1, 0.15) is 5.15 Å². The molecular weight excluding hydrogens is 323 g/mol. The predicted octanol–water partition coefficient (Wildman–Crippen LogP) is 3.40. The molecule has 3 heterocycles. The molecule has 0 unspecified atom stereocenters. The Balaban J connectivity index is 1.67. The molecule has 0 spiro atoms. The normalized spacial score (nSPS) is 14.4. The molecule has 1 aliphatic heterocycles. The molecule has 5 nitrogen and oxygen atoms in total. The van der Waals surface area contributed by atoms with E-state index in [4.69, 9.17) is 23.2 Å². The van der Waals surface area contributed by atoms with Crippen LogP contribution in [0.4, 0.5) is 0 Å². The van der Waals surface area contributed by atoms with Crippen LogP contribution in [0.3, 0.4) is 0 Å². The molecule has 0 fully saturated rings. The van der Waals surface area contributed by atoms with Crippen molar-refractivity contribution < 1.29 is 4.79 Å². The number of benzene rings is 1. The second kappa shape index (κ2) is 5.04. The van der Waals surface area contributed by atoms with Crippen LogP contribution in [0.15, 0.2) is 24.3 Å². The first-order chi connectivity index (χ1) is 10.6. The van der Waals surface area contributed by atoms with Gasteiger partial charge in [-0.1, -0.05) is 23.2 Å². The van der Waals surface area contributed by atoms with Crippen LogP contribution in [0.1, 0.15) is 21.7 Å². The molecule has 3 aromatic rings. The highest BCUT2D eigenvalue weighted by Crippen LogP contribution is 2.30. The van der Waals surface area contributed by atoms with Gasteiger partial charge >= 0.3 is 0 Å². The first-order valence-corrected chi connectivity index (χ1v) is 7.66. The lowest BCUT2D eigenvalue weighted by molar-refractivity contribution is 0.0727. The van der Waals surface area contributed by atoms with Gasteiger partial charge in [0.05, 0.1) is 6.54 Å². The van der Waals surface area contributed by atoms with Crippen LogP contribution >= 0.6 is 23.2 Å². The van der Waals surface area contributed by atoms with Gasteiger partial charge in [0.15, 0.2) is 5.69 Å². The van der Waals surface area contributed by atoms with Crippen LogP contribution in [0, 0.1) is 0 Å². The second-order valence-corrected chi connectivity index (χ2v) is 6.19. The van der Waals surface area contributed by atoms with E-state index < -0.39 is 0 Å². The van der Waals surface area contributed by atoms with Crippen molar-refractivity contribution in [1.82, 2.24) is 20.1 Å². The van der Waals surface area contributed by atoms with E-state index in [9.17, 15) is 4.79 Å². The van der Waals surface area contributed by atoms with Gasteiger partial charge in [-0.3, -0.25) is 9.89 Å². The summed E-state index contributed by atoms with van der Waals surface area (Å²) in [6.07, 6.45) is 0.791. The molecule has 0 saturated carbocycles. The maximum Gasteiger partial charge on any atom is 0.274 e. The number of carbonyl (C=O) groups excluding carboxylic acids is 1. The number of aromatic nitrogens is 3. The number of aromatic amines is 2. The van der Waals surface area contributed by atoms with Gasteiger partial charge in [-0.25, -0.2) is 0 Å². The summed E-state index contributed by atoms with van der Waals surface area (Å²) < 4.78 is 0. The van der Waals surface area contributed by atoms with Gasteiger partial charge in [-0.2, -0.15) is 5.10 Å². The zero-order chi connectivity index (χ0) is 15.3. The Bertz CT molecular complexity index is 883. The fourth-order valence-electron chi connectivity index (χ4n) is 2.96. The highest BCUT2D eigenvalue weighted by Gasteiger charge is 2.26. The highest BCUT2D eigenvalue weighted by molar-refractivity contribution is 6.31. The third-order valence-electron chi connectivity index (χ3n) is 3.99. The Morgan fingerprint density at radius 1 is 1.27 bits per heavy atom. The van der Waals surface area contributed by atoms with Crippen molar-refractivity contribution in [3.8, 4) is 0 Å². The summed E-state index contributed by atoms with van der Waals surface area (Å²) in [6.45, 7) is 1.18. The molecule has 0 bridgehead atoms. The van der Waals surface area contributed by atoms with Crippen LogP contribution in [0.25, 0.3) is 10.9 Å². The number of carbonyl (C=O) groups is 1. The first kappa shape index (κ1) is 13.7. The van der Waals surface area contributed by atoms with Crippen LogP contribution in [-0.4, -0.2) is 32.5 Å². The Morgan fingerprint density at radius 2 is 2.14 bits per heavy atom. The summed E-state index contributed by atoms with van der Waals surface area (Å²) in [5.74, 6) is -0.120. The van der Waals surface area contributed by atoms with Crippen molar-refractivity contribution >= 4 is 40.0 Å². The lowest BCUT2D eigenvalue weighted by atomic mass is 10.0. The molecule has 4 rings (SSSR count). The molecule has 112 valence electrons. The summed E-state index contributed by atoms with van der Waals surface area (Å²) in [5.41, 5.74) is 3.68. The van der Waals surface area contributed by atoms with E-state index in [-0.39, 0.29) is 5.91 Å². The van der Waals surface area contributed by atoms with Gasteiger partial charge in [0, 0.05) is 34.2 Å². The van der Waals surface area contributed by atoms with Crippen LogP contribution in [-0.2, 0) is 13.0 Å². The molecule has 0 atom stereocenters. The van der Waals surface area contributed by atoms with E-state index in [1.807, 2.05) is 18.2 Å². The Kier molecular flexibility index (Phi) is 3.13. The fourth-order valence-corrected chi connectivity index (χ4v) is 3.27. The van der Waals surface area contributed by atoms with Crippen molar-refractivity contribution in [2.24, 2.45) is 0 Å². The summed E-state index contributed by atoms with van der Waals surface area (Å²) >= 11 is 11.9. The number of fused-ring (bicyclic) bond motifs is 3. The largest absolute Gasteiger partial charge is 0.357 e. The van der Waals surface area contributed by atoms with E-state index in [0.717, 1.165) is 28.0 Å². The first-order valence-electron chi connectivity index (χ1n) is 6.91. The summed E-state index contributed by atoms with van der Waals surface area (Å²) in [6, 6.07) is 7.34. The Morgan fingerprint density at radius 3 is 2.91 bits per heavy atom. The lowest BCUT2D eigenvalue weighted by Gasteiger charge is -2.26. The van der Waals surface area contributed by atoms with Gasteiger partial charge in [-0.15, -0.1) is 0 Å². The number of nitrogens with zero attached hydrogens (tertiary/aromatic N) is 2. The van der Waals surface area contributed by atoms with Crippen molar-refractivity contribution in [1.29, 1.82) is 0 Å². The fraction of sp³-hybridized carbons (Fsp3) is 0.200. The lowest BCUT2D eigenvalue weighted by Crippen LogP contribution is -2.36. The van der Waals surface area contributed by atoms with Gasteiger partial charge < -0.3 is 9.88 Å². The zero-order valence-electron chi connectivity index (χ0n) is 11.5. The molecule has 1 aromatic carbocycles. The highest BCUT2D eigenvalue weighted by atomic mass is 35.5. The molecule has 0 radical (unpaired) electrons. The number of hydrogen-bond acceptors (Lipinski definition) is 2. The minimum absolute atomic E-state index is 0.120. The quantitative estimate of drug-likeness (QED) is 0.716. The second-order valence-electron chi connectivity index (χ2n) is 5.35. The van der Waals surface area contributed by atoms with E-state index in [2.05, 4.69) is 15.2 Å². The SMILES string of the molecule is O=C(c1cc(Cl)[nH]n1)N1CCc2c([nH]c3ccc(Cl)cc23)C1. The molecule has 1 amide bonds. The van der Waals surface area contributed by atoms with Gasteiger partial charge in [0.2, 0.25) is 0 Å². The number of rotatable bonds is 1. The molecule has 2 N–H and O–H groups in total. The molecule has 0 saturated heterocycles. The third-order valence-corrected chi connectivity index (χ3v) is 4.42. The number of nitrogens with one attached hydrogen (secondary N) is 2. The van der Waals surface area contributed by atoms with Crippen LogP contribution < -0.4 is 0 Å². The summed E-state index contributed by atoms with van der Waals surface area (Å²) in [5, 5.41) is 8.73. The smallest absolute Gasteiger partial charge is 0.274 e. The Hall–Kier alpha value is -1.98. The minimum atomic E-state index is -0.120. The maximum absolute atomic E-state index is 12.4. The summed E-state index contributed by atoms with van der Waals surface area (Å²) in [7, 11) is 0. The van der Waals surface area contributed by atoms with Crippen molar-refractivity contribution in [3.05, 3.63) is 51.4 Å². The minimum Gasteiger partial charge on any atom is -0.357 e. The van der Waals surface area contributed by atoms with E-state index in [1.165, 1.54) is 5.56 Å². The van der Waals surface area contributed by atoms with Crippen LogP contribution in [0.5, 0.6) is 0 Å². The molecule has 7 heteroatoms. The van der Waals surface area contributed by atoms with Crippen LogP contribution in [0.2, 0.25) is 10.2 Å². The number of amides is 1. The molecular formula is C15H12Cl2N4O. The number of hydrogen-bond donors (Lipinski definition) is 2. The molecule has 22 heavy (non-hydrogen) atoms. The molecule has 0 aliphatic carbocycles. The average molecular weight is 335 g/mol. The van der Waals surface area contributed by atoms with Gasteiger partial charge in [-0.05, 0) is 30.2 Å². The van der Waals surface area contributed by atoms with Crippen molar-refractivity contribution in [2.75, 3.05) is 6.54 Å². The number of halogens is 2. The average Bonchev–Trinajstić information content (AvgIpc) is 3.09. The number of H-pyrrole nitrogens is 2. The molecule has 2 aromatic heterocycles. The monoisotopic (exact) mass is 334 g/mol. The standard InChI is InChI=1S/C15H12Cl2N4O/c16-8-1-2-11-10(5-8)9-3-4-21(7-13(9)18-11)15(22)12-6-14(17)20-19-12/h1-2,5-6,18H,3-4,7H2,(H,19,20).